The van der Waals surface area contributed by atoms with E-state index in [4.69, 9.17) is 16.3 Å². The Hall–Kier alpha value is -1.51. The van der Waals surface area contributed by atoms with Crippen LogP contribution >= 0.6 is 11.6 Å². The van der Waals surface area contributed by atoms with Gasteiger partial charge in [0.1, 0.15) is 5.75 Å². The first-order chi connectivity index (χ1) is 10.1. The molecule has 0 heterocycles. The molecule has 3 heteroatoms. The third-order valence-corrected chi connectivity index (χ3v) is 4.32. The van der Waals surface area contributed by atoms with Crippen molar-refractivity contribution in [3.05, 3.63) is 65.2 Å². The summed E-state index contributed by atoms with van der Waals surface area (Å²) in [5.74, 6) is 1.41. The number of nitrogens with one attached hydrogen (secondary N) is 1. The maximum absolute atomic E-state index is 6.22. The molecule has 0 saturated heterocycles. The van der Waals surface area contributed by atoms with Crippen LogP contribution in [0.15, 0.2) is 48.5 Å². The molecular formula is C18H22ClNO. The van der Waals surface area contributed by atoms with E-state index in [2.05, 4.69) is 43.4 Å². The van der Waals surface area contributed by atoms with Crippen molar-refractivity contribution < 1.29 is 4.74 Å². The minimum Gasteiger partial charge on any atom is -0.496 e. The van der Waals surface area contributed by atoms with Crippen molar-refractivity contribution in [1.82, 2.24) is 5.32 Å². The van der Waals surface area contributed by atoms with Gasteiger partial charge in [-0.15, -0.1) is 11.6 Å². The molecule has 2 nitrogen and oxygen atoms in total. The minimum absolute atomic E-state index is 0.266. The molecule has 0 amide bonds. The summed E-state index contributed by atoms with van der Waals surface area (Å²) in [4.78, 5) is 0. The van der Waals surface area contributed by atoms with Crippen molar-refractivity contribution in [3.63, 3.8) is 0 Å². The standard InChI is InChI=1S/C18H22ClNO/c1-14-9-10-17(21-3)15(11-14)12-20-18(2,13-19)16-7-5-4-6-8-16/h4-11,20H,12-13H2,1-3H3. The van der Waals surface area contributed by atoms with E-state index in [-0.39, 0.29) is 5.54 Å². The average Bonchev–Trinajstić information content (AvgIpc) is 2.53. The summed E-state index contributed by atoms with van der Waals surface area (Å²) >= 11 is 6.22. The first kappa shape index (κ1) is 15.9. The summed E-state index contributed by atoms with van der Waals surface area (Å²) in [6.07, 6.45) is 0. The average molecular weight is 304 g/mol. The van der Waals surface area contributed by atoms with Crippen LogP contribution in [0.5, 0.6) is 5.75 Å². The SMILES string of the molecule is COc1ccc(C)cc1CNC(C)(CCl)c1ccccc1. The molecule has 2 rings (SSSR count). The Morgan fingerprint density at radius 3 is 2.48 bits per heavy atom. The predicted molar refractivity (Wildman–Crippen MR) is 89.1 cm³/mol. The molecule has 0 spiro atoms. The summed E-state index contributed by atoms with van der Waals surface area (Å²) in [5, 5.41) is 3.57. The molecule has 1 unspecified atom stereocenters. The van der Waals surface area contributed by atoms with E-state index in [9.17, 15) is 0 Å². The first-order valence-corrected chi connectivity index (χ1v) is 7.62. The number of benzene rings is 2. The Kier molecular flexibility index (Phi) is 5.27. The Morgan fingerprint density at radius 2 is 1.86 bits per heavy atom. The number of halogens is 1. The van der Waals surface area contributed by atoms with Gasteiger partial charge in [0.05, 0.1) is 12.6 Å². The van der Waals surface area contributed by atoms with Crippen LogP contribution in [-0.2, 0) is 12.1 Å². The maximum atomic E-state index is 6.22. The topological polar surface area (TPSA) is 21.3 Å². The number of hydrogen-bond acceptors (Lipinski definition) is 2. The Labute approximate surface area is 132 Å². The van der Waals surface area contributed by atoms with E-state index in [0.717, 1.165) is 11.3 Å². The largest absolute Gasteiger partial charge is 0.496 e. The van der Waals surface area contributed by atoms with Crippen LogP contribution in [0.2, 0.25) is 0 Å². The van der Waals surface area contributed by atoms with Gasteiger partial charge in [-0.25, -0.2) is 0 Å². The molecule has 112 valence electrons. The number of hydrogen-bond donors (Lipinski definition) is 1. The van der Waals surface area contributed by atoms with Gasteiger partial charge in [0.2, 0.25) is 0 Å². The van der Waals surface area contributed by atoms with Gasteiger partial charge in [-0.2, -0.15) is 0 Å². The van der Waals surface area contributed by atoms with Crippen LogP contribution in [0.3, 0.4) is 0 Å². The lowest BCUT2D eigenvalue weighted by atomic mass is 9.93. The predicted octanol–water partition coefficient (Wildman–Crippen LogP) is 4.25. The van der Waals surface area contributed by atoms with Crippen molar-refractivity contribution in [3.8, 4) is 5.75 Å². The van der Waals surface area contributed by atoms with Crippen LogP contribution in [0.4, 0.5) is 0 Å². The van der Waals surface area contributed by atoms with E-state index in [0.29, 0.717) is 12.4 Å². The molecule has 0 radical (unpaired) electrons. The van der Waals surface area contributed by atoms with E-state index >= 15 is 0 Å². The summed E-state index contributed by atoms with van der Waals surface area (Å²) in [6.45, 7) is 4.92. The smallest absolute Gasteiger partial charge is 0.123 e. The molecule has 0 saturated carbocycles. The highest BCUT2D eigenvalue weighted by Crippen LogP contribution is 2.25. The number of aryl methyl sites for hydroxylation is 1. The van der Waals surface area contributed by atoms with Gasteiger partial charge < -0.3 is 10.1 Å². The Bertz CT molecular complexity index is 585. The van der Waals surface area contributed by atoms with E-state index in [1.807, 2.05) is 24.3 Å². The Balaban J connectivity index is 2.19. The van der Waals surface area contributed by atoms with E-state index in [1.165, 1.54) is 11.1 Å². The van der Waals surface area contributed by atoms with Gasteiger partial charge in [-0.3, -0.25) is 0 Å². The molecule has 1 N–H and O–H groups in total. The van der Waals surface area contributed by atoms with Crippen LogP contribution in [0, 0.1) is 6.92 Å². The molecule has 0 aromatic heterocycles. The highest BCUT2D eigenvalue weighted by atomic mass is 35.5. The number of alkyl halides is 1. The van der Waals surface area contributed by atoms with E-state index < -0.39 is 0 Å². The molecule has 2 aromatic rings. The quantitative estimate of drug-likeness (QED) is 0.806. The molecule has 2 aromatic carbocycles. The molecule has 0 fully saturated rings. The number of methoxy groups -OCH3 is 1. The normalized spacial score (nSPS) is 13.7. The van der Waals surface area contributed by atoms with Crippen LogP contribution in [0.1, 0.15) is 23.6 Å². The Morgan fingerprint density at radius 1 is 1.14 bits per heavy atom. The van der Waals surface area contributed by atoms with Crippen molar-refractivity contribution in [2.45, 2.75) is 25.9 Å². The fourth-order valence-electron chi connectivity index (χ4n) is 2.37. The molecule has 0 aliphatic carbocycles. The monoisotopic (exact) mass is 303 g/mol. The molecule has 0 aliphatic rings. The molecule has 1 atom stereocenters. The van der Waals surface area contributed by atoms with E-state index in [1.54, 1.807) is 7.11 Å². The molecule has 0 bridgehead atoms. The highest BCUT2D eigenvalue weighted by molar-refractivity contribution is 6.18. The molecule has 0 aliphatic heterocycles. The van der Waals surface area contributed by atoms with Gasteiger partial charge in [0.25, 0.3) is 0 Å². The second-order valence-electron chi connectivity index (χ2n) is 5.50. The van der Waals surface area contributed by atoms with Gasteiger partial charge in [-0.05, 0) is 25.5 Å². The van der Waals surface area contributed by atoms with Crippen LogP contribution in [-0.4, -0.2) is 13.0 Å². The summed E-state index contributed by atoms with van der Waals surface area (Å²) < 4.78 is 5.43. The lowest BCUT2D eigenvalue weighted by molar-refractivity contribution is 0.384. The van der Waals surface area contributed by atoms with Crippen molar-refractivity contribution >= 4 is 11.6 Å². The second kappa shape index (κ2) is 6.97. The lowest BCUT2D eigenvalue weighted by Crippen LogP contribution is -2.40. The van der Waals surface area contributed by atoms with Gasteiger partial charge in [-0.1, -0.05) is 48.0 Å². The third-order valence-electron chi connectivity index (χ3n) is 3.78. The molecular weight excluding hydrogens is 282 g/mol. The van der Waals surface area contributed by atoms with Crippen molar-refractivity contribution in [2.75, 3.05) is 13.0 Å². The van der Waals surface area contributed by atoms with Crippen LogP contribution in [0.25, 0.3) is 0 Å². The lowest BCUT2D eigenvalue weighted by Gasteiger charge is -2.30. The zero-order valence-corrected chi connectivity index (χ0v) is 13.6. The van der Waals surface area contributed by atoms with Gasteiger partial charge in [0, 0.05) is 18.0 Å². The van der Waals surface area contributed by atoms with Crippen molar-refractivity contribution in [1.29, 1.82) is 0 Å². The zero-order chi connectivity index (χ0) is 15.3. The number of rotatable bonds is 6. The first-order valence-electron chi connectivity index (χ1n) is 7.09. The minimum atomic E-state index is -0.266. The van der Waals surface area contributed by atoms with Crippen LogP contribution < -0.4 is 10.1 Å². The van der Waals surface area contributed by atoms with Crippen molar-refractivity contribution in [2.24, 2.45) is 0 Å². The van der Waals surface area contributed by atoms with Gasteiger partial charge in [0.15, 0.2) is 0 Å². The van der Waals surface area contributed by atoms with Gasteiger partial charge >= 0.3 is 0 Å². The highest BCUT2D eigenvalue weighted by Gasteiger charge is 2.25. The number of ether oxygens (including phenoxy) is 1. The fourth-order valence-corrected chi connectivity index (χ4v) is 2.62. The summed E-state index contributed by atoms with van der Waals surface area (Å²) in [6, 6.07) is 16.5. The maximum Gasteiger partial charge on any atom is 0.123 e. The fraction of sp³-hybridized carbons (Fsp3) is 0.333. The molecule has 21 heavy (non-hydrogen) atoms. The summed E-state index contributed by atoms with van der Waals surface area (Å²) in [5.41, 5.74) is 3.29. The second-order valence-corrected chi connectivity index (χ2v) is 5.77. The summed E-state index contributed by atoms with van der Waals surface area (Å²) in [7, 11) is 1.70. The third kappa shape index (κ3) is 3.78. The zero-order valence-electron chi connectivity index (χ0n) is 12.8.